The lowest BCUT2D eigenvalue weighted by Gasteiger charge is -2.10. The standard InChI is InChI=1S/C11H15NO3/c1-6-4-8(15-3)5-9(10(6)13)11(14)7(2)12/h4-5,7,13H,12H2,1-3H3. The Hall–Kier alpha value is -1.55. The number of ether oxygens (including phenoxy) is 1. The number of hydrogen-bond acceptors (Lipinski definition) is 4. The number of phenolic OH excluding ortho intramolecular Hbond substituents is 1. The van der Waals surface area contributed by atoms with Crippen LogP contribution in [-0.2, 0) is 0 Å². The summed E-state index contributed by atoms with van der Waals surface area (Å²) in [4.78, 5) is 11.6. The fourth-order valence-electron chi connectivity index (χ4n) is 1.30. The van der Waals surface area contributed by atoms with Gasteiger partial charge in [-0.05, 0) is 31.5 Å². The molecule has 0 bridgehead atoms. The first-order valence-electron chi connectivity index (χ1n) is 4.64. The molecule has 0 radical (unpaired) electrons. The third kappa shape index (κ3) is 2.27. The number of benzene rings is 1. The molecule has 0 aliphatic heterocycles. The van der Waals surface area contributed by atoms with Crippen molar-refractivity contribution in [1.29, 1.82) is 0 Å². The number of aryl methyl sites for hydroxylation is 1. The number of rotatable bonds is 3. The van der Waals surface area contributed by atoms with Crippen molar-refractivity contribution in [1.82, 2.24) is 0 Å². The first-order chi connectivity index (χ1) is 6.97. The van der Waals surface area contributed by atoms with E-state index in [1.807, 2.05) is 0 Å². The Labute approximate surface area is 88.7 Å². The highest BCUT2D eigenvalue weighted by Crippen LogP contribution is 2.28. The molecule has 0 heterocycles. The molecule has 15 heavy (non-hydrogen) atoms. The van der Waals surface area contributed by atoms with Gasteiger partial charge in [-0.3, -0.25) is 4.79 Å². The van der Waals surface area contributed by atoms with Crippen LogP contribution in [0.3, 0.4) is 0 Å². The highest BCUT2D eigenvalue weighted by Gasteiger charge is 2.17. The Morgan fingerprint density at radius 3 is 2.60 bits per heavy atom. The van der Waals surface area contributed by atoms with Crippen molar-refractivity contribution in [2.75, 3.05) is 7.11 Å². The number of ketones is 1. The van der Waals surface area contributed by atoms with Gasteiger partial charge < -0.3 is 15.6 Å². The van der Waals surface area contributed by atoms with Crippen LogP contribution in [0.2, 0.25) is 0 Å². The fourth-order valence-corrected chi connectivity index (χ4v) is 1.30. The number of phenols is 1. The summed E-state index contributed by atoms with van der Waals surface area (Å²) in [7, 11) is 1.51. The molecule has 1 unspecified atom stereocenters. The Kier molecular flexibility index (Phi) is 3.31. The summed E-state index contributed by atoms with van der Waals surface area (Å²) in [6, 6.07) is 2.52. The molecule has 4 nitrogen and oxygen atoms in total. The van der Waals surface area contributed by atoms with Gasteiger partial charge in [0.05, 0.1) is 18.7 Å². The smallest absolute Gasteiger partial charge is 0.183 e. The van der Waals surface area contributed by atoms with E-state index in [0.717, 1.165) is 0 Å². The number of Topliss-reactive ketones (excluding diaryl/α,β-unsaturated/α-hetero) is 1. The predicted molar refractivity (Wildman–Crippen MR) is 57.4 cm³/mol. The van der Waals surface area contributed by atoms with Crippen molar-refractivity contribution in [2.24, 2.45) is 5.73 Å². The van der Waals surface area contributed by atoms with E-state index in [9.17, 15) is 9.90 Å². The van der Waals surface area contributed by atoms with Crippen LogP contribution in [0.4, 0.5) is 0 Å². The maximum absolute atomic E-state index is 11.6. The predicted octanol–water partition coefficient (Wildman–Crippen LogP) is 1.24. The Bertz CT molecular complexity index is 386. The molecule has 1 aromatic carbocycles. The second-order valence-electron chi connectivity index (χ2n) is 3.49. The molecule has 3 N–H and O–H groups in total. The summed E-state index contributed by atoms with van der Waals surface area (Å²) >= 11 is 0. The summed E-state index contributed by atoms with van der Waals surface area (Å²) < 4.78 is 5.02. The van der Waals surface area contributed by atoms with Gasteiger partial charge in [-0.15, -0.1) is 0 Å². The first kappa shape index (κ1) is 11.5. The SMILES string of the molecule is COc1cc(C)c(O)c(C(=O)C(C)N)c1. The number of aromatic hydroxyl groups is 1. The fraction of sp³-hybridized carbons (Fsp3) is 0.364. The summed E-state index contributed by atoms with van der Waals surface area (Å²) in [6.07, 6.45) is 0. The number of carbonyl (C=O) groups excluding carboxylic acids is 1. The van der Waals surface area contributed by atoms with Crippen molar-refractivity contribution < 1.29 is 14.6 Å². The molecule has 4 heteroatoms. The molecule has 82 valence electrons. The Morgan fingerprint density at radius 2 is 2.13 bits per heavy atom. The number of carbonyl (C=O) groups is 1. The first-order valence-corrected chi connectivity index (χ1v) is 4.64. The Morgan fingerprint density at radius 1 is 1.53 bits per heavy atom. The zero-order chi connectivity index (χ0) is 11.6. The van der Waals surface area contributed by atoms with Crippen LogP contribution in [0.15, 0.2) is 12.1 Å². The molecular formula is C11H15NO3. The van der Waals surface area contributed by atoms with Crippen molar-refractivity contribution in [3.63, 3.8) is 0 Å². The van der Waals surface area contributed by atoms with Gasteiger partial charge in [0.15, 0.2) is 5.78 Å². The third-order valence-corrected chi connectivity index (χ3v) is 2.19. The van der Waals surface area contributed by atoms with Crippen LogP contribution in [0, 0.1) is 6.92 Å². The lowest BCUT2D eigenvalue weighted by molar-refractivity contribution is 0.0965. The van der Waals surface area contributed by atoms with Crippen molar-refractivity contribution >= 4 is 5.78 Å². The monoisotopic (exact) mass is 209 g/mol. The Balaban J connectivity index is 3.27. The second kappa shape index (κ2) is 4.31. The van der Waals surface area contributed by atoms with E-state index in [1.165, 1.54) is 13.2 Å². The van der Waals surface area contributed by atoms with E-state index >= 15 is 0 Å². The molecule has 1 atom stereocenters. The molecular weight excluding hydrogens is 194 g/mol. The van der Waals surface area contributed by atoms with Gasteiger partial charge >= 0.3 is 0 Å². The number of nitrogens with two attached hydrogens (primary N) is 1. The second-order valence-corrected chi connectivity index (χ2v) is 3.49. The van der Waals surface area contributed by atoms with E-state index in [2.05, 4.69) is 0 Å². The lowest BCUT2D eigenvalue weighted by atomic mass is 10.0. The zero-order valence-electron chi connectivity index (χ0n) is 9.07. The van der Waals surface area contributed by atoms with Gasteiger partial charge in [-0.25, -0.2) is 0 Å². The maximum Gasteiger partial charge on any atom is 0.183 e. The highest BCUT2D eigenvalue weighted by atomic mass is 16.5. The minimum atomic E-state index is -0.637. The van der Waals surface area contributed by atoms with Gasteiger partial charge in [0.1, 0.15) is 11.5 Å². The van der Waals surface area contributed by atoms with Crippen LogP contribution in [-0.4, -0.2) is 24.0 Å². The molecule has 1 aromatic rings. The summed E-state index contributed by atoms with van der Waals surface area (Å²) in [5.41, 5.74) is 6.28. The van der Waals surface area contributed by atoms with Gasteiger partial charge in [-0.2, -0.15) is 0 Å². The van der Waals surface area contributed by atoms with Crippen LogP contribution in [0.1, 0.15) is 22.8 Å². The third-order valence-electron chi connectivity index (χ3n) is 2.19. The minimum absolute atomic E-state index is 0.0295. The highest BCUT2D eigenvalue weighted by molar-refractivity contribution is 6.02. The van der Waals surface area contributed by atoms with Crippen LogP contribution in [0.5, 0.6) is 11.5 Å². The van der Waals surface area contributed by atoms with Gasteiger partial charge in [0, 0.05) is 0 Å². The molecule has 0 saturated carbocycles. The normalized spacial score (nSPS) is 12.3. The van der Waals surface area contributed by atoms with Crippen LogP contribution >= 0.6 is 0 Å². The average molecular weight is 209 g/mol. The largest absolute Gasteiger partial charge is 0.507 e. The lowest BCUT2D eigenvalue weighted by Crippen LogP contribution is -2.26. The van der Waals surface area contributed by atoms with Crippen LogP contribution in [0.25, 0.3) is 0 Å². The van der Waals surface area contributed by atoms with Gasteiger partial charge in [0.2, 0.25) is 0 Å². The van der Waals surface area contributed by atoms with Gasteiger partial charge in [0.25, 0.3) is 0 Å². The topological polar surface area (TPSA) is 72.5 Å². The summed E-state index contributed by atoms with van der Waals surface area (Å²) in [5, 5.41) is 9.70. The quantitative estimate of drug-likeness (QED) is 0.734. The van der Waals surface area contributed by atoms with Crippen LogP contribution < -0.4 is 10.5 Å². The average Bonchev–Trinajstić information content (AvgIpc) is 2.20. The van der Waals surface area contributed by atoms with Crippen molar-refractivity contribution in [3.05, 3.63) is 23.3 Å². The molecule has 0 aliphatic carbocycles. The van der Waals surface area contributed by atoms with E-state index in [1.54, 1.807) is 19.9 Å². The molecule has 0 aromatic heterocycles. The van der Waals surface area contributed by atoms with Gasteiger partial charge in [-0.1, -0.05) is 0 Å². The molecule has 1 rings (SSSR count). The van der Waals surface area contributed by atoms with Crippen molar-refractivity contribution in [2.45, 2.75) is 19.9 Å². The summed E-state index contributed by atoms with van der Waals surface area (Å²) in [5.74, 6) is 0.210. The van der Waals surface area contributed by atoms with E-state index < -0.39 is 6.04 Å². The molecule has 0 saturated heterocycles. The number of hydrogen-bond donors (Lipinski definition) is 2. The minimum Gasteiger partial charge on any atom is -0.507 e. The zero-order valence-corrected chi connectivity index (χ0v) is 9.07. The maximum atomic E-state index is 11.6. The van der Waals surface area contributed by atoms with E-state index in [0.29, 0.717) is 11.3 Å². The van der Waals surface area contributed by atoms with Crippen molar-refractivity contribution in [3.8, 4) is 11.5 Å². The van der Waals surface area contributed by atoms with E-state index in [4.69, 9.17) is 10.5 Å². The van der Waals surface area contributed by atoms with E-state index in [-0.39, 0.29) is 17.1 Å². The molecule has 0 amide bonds. The summed E-state index contributed by atoms with van der Waals surface area (Å²) in [6.45, 7) is 3.28. The molecule has 0 spiro atoms. The number of methoxy groups -OCH3 is 1. The molecule has 0 aliphatic rings. The molecule has 0 fully saturated rings.